The van der Waals surface area contributed by atoms with Crippen molar-refractivity contribution in [2.75, 3.05) is 24.5 Å². The molecule has 1 aromatic carbocycles. The Labute approximate surface area is 117 Å². The zero-order chi connectivity index (χ0) is 13.7. The summed E-state index contributed by atoms with van der Waals surface area (Å²) in [6.07, 6.45) is 2.10. The third-order valence-corrected chi connectivity index (χ3v) is 4.17. The first-order valence-electron chi connectivity index (χ1n) is 6.73. The summed E-state index contributed by atoms with van der Waals surface area (Å²) in [4.78, 5) is 2.91. The third-order valence-electron chi connectivity index (χ3n) is 3.39. The summed E-state index contributed by atoms with van der Waals surface area (Å²) < 4.78 is 25.2. The van der Waals surface area contributed by atoms with Gasteiger partial charge in [0.15, 0.2) is 0 Å². The lowest BCUT2D eigenvalue weighted by Gasteiger charge is -2.27. The molecule has 1 aromatic rings. The number of para-hydroxylation sites is 1. The van der Waals surface area contributed by atoms with Crippen LogP contribution in [0.25, 0.3) is 0 Å². The van der Waals surface area contributed by atoms with Crippen LogP contribution < -0.4 is 10.2 Å². The number of hydrogen-bond donors (Lipinski definition) is 1. The molecule has 1 N–H and O–H groups in total. The van der Waals surface area contributed by atoms with Gasteiger partial charge in [0, 0.05) is 24.0 Å². The maximum Gasteiger partial charge on any atom is 0.288 e. The molecule has 1 unspecified atom stereocenters. The number of nitrogens with zero attached hydrogens (tertiary/aromatic N) is 1. The Kier molecular flexibility index (Phi) is 5.45. The summed E-state index contributed by atoms with van der Waals surface area (Å²) >= 11 is 0.639. The average Bonchev–Trinajstić information content (AvgIpc) is 2.64. The topological polar surface area (TPSA) is 15.3 Å². The first-order valence-corrected chi connectivity index (χ1v) is 7.61. The molecule has 1 heterocycles. The summed E-state index contributed by atoms with van der Waals surface area (Å²) in [6.45, 7) is 4.96. The van der Waals surface area contributed by atoms with Gasteiger partial charge in [-0.3, -0.25) is 0 Å². The Morgan fingerprint density at radius 3 is 2.95 bits per heavy atom. The van der Waals surface area contributed by atoms with Gasteiger partial charge in [-0.15, -0.1) is 0 Å². The van der Waals surface area contributed by atoms with Crippen molar-refractivity contribution >= 4 is 17.4 Å². The standard InChI is InChI=1S/C14H20F2N2S/c1-2-11-10-18(9-5-8-17-11)12-6-3-4-7-13(12)19-14(15)16/h3-4,6-7,11,14,17H,2,5,8-10H2,1H3. The Hall–Kier alpha value is -0.810. The van der Waals surface area contributed by atoms with Crippen molar-refractivity contribution < 1.29 is 8.78 Å². The van der Waals surface area contributed by atoms with Crippen molar-refractivity contribution in [3.63, 3.8) is 0 Å². The highest BCUT2D eigenvalue weighted by molar-refractivity contribution is 7.99. The van der Waals surface area contributed by atoms with Gasteiger partial charge in [-0.05, 0) is 31.5 Å². The van der Waals surface area contributed by atoms with Crippen LogP contribution in [0.3, 0.4) is 0 Å². The molecule has 0 saturated carbocycles. The van der Waals surface area contributed by atoms with Crippen LogP contribution >= 0.6 is 11.8 Å². The Bertz CT molecular complexity index is 401. The van der Waals surface area contributed by atoms with Gasteiger partial charge in [0.25, 0.3) is 5.76 Å². The summed E-state index contributed by atoms with van der Waals surface area (Å²) in [7, 11) is 0. The predicted octanol–water partition coefficient (Wildman–Crippen LogP) is 3.58. The first-order chi connectivity index (χ1) is 9.20. The molecule has 2 nitrogen and oxygen atoms in total. The largest absolute Gasteiger partial charge is 0.369 e. The fourth-order valence-electron chi connectivity index (χ4n) is 2.40. The highest BCUT2D eigenvalue weighted by Gasteiger charge is 2.19. The van der Waals surface area contributed by atoms with Crippen molar-refractivity contribution in [1.82, 2.24) is 5.32 Å². The van der Waals surface area contributed by atoms with Crippen LogP contribution in [0.2, 0.25) is 0 Å². The summed E-state index contributed by atoms with van der Waals surface area (Å²) in [5.41, 5.74) is 0.940. The van der Waals surface area contributed by atoms with E-state index in [2.05, 4.69) is 17.1 Å². The summed E-state index contributed by atoms with van der Waals surface area (Å²) in [6, 6.07) is 7.91. The number of hydrogen-bond acceptors (Lipinski definition) is 3. The van der Waals surface area contributed by atoms with E-state index in [4.69, 9.17) is 0 Å². The zero-order valence-corrected chi connectivity index (χ0v) is 11.9. The second kappa shape index (κ2) is 7.10. The monoisotopic (exact) mass is 286 g/mol. The van der Waals surface area contributed by atoms with Crippen LogP contribution in [0.5, 0.6) is 0 Å². The lowest BCUT2D eigenvalue weighted by molar-refractivity contribution is 0.252. The molecular weight excluding hydrogens is 266 g/mol. The van der Waals surface area contributed by atoms with E-state index in [-0.39, 0.29) is 0 Å². The van der Waals surface area contributed by atoms with E-state index in [1.807, 2.05) is 18.2 Å². The van der Waals surface area contributed by atoms with Gasteiger partial charge in [-0.25, -0.2) is 0 Å². The van der Waals surface area contributed by atoms with E-state index in [0.29, 0.717) is 22.7 Å². The second-order valence-corrected chi connectivity index (χ2v) is 5.74. The number of alkyl halides is 2. The van der Waals surface area contributed by atoms with Gasteiger partial charge in [0.2, 0.25) is 0 Å². The van der Waals surface area contributed by atoms with E-state index in [1.54, 1.807) is 6.07 Å². The minimum Gasteiger partial charge on any atom is -0.369 e. The van der Waals surface area contributed by atoms with Crippen LogP contribution in [0, 0.1) is 0 Å². The average molecular weight is 286 g/mol. The van der Waals surface area contributed by atoms with Crippen molar-refractivity contribution in [3.8, 4) is 0 Å². The van der Waals surface area contributed by atoms with Gasteiger partial charge in [0.1, 0.15) is 0 Å². The minimum absolute atomic E-state index is 0.437. The first kappa shape index (κ1) is 14.6. The smallest absolute Gasteiger partial charge is 0.288 e. The van der Waals surface area contributed by atoms with E-state index < -0.39 is 5.76 Å². The molecule has 1 aliphatic heterocycles. The number of anilines is 1. The van der Waals surface area contributed by atoms with Crippen LogP contribution in [0.15, 0.2) is 29.2 Å². The number of thioether (sulfide) groups is 1. The maximum absolute atomic E-state index is 12.6. The van der Waals surface area contributed by atoms with Crippen molar-refractivity contribution in [2.45, 2.75) is 36.5 Å². The highest BCUT2D eigenvalue weighted by atomic mass is 32.2. The second-order valence-electron chi connectivity index (χ2n) is 4.71. The highest BCUT2D eigenvalue weighted by Crippen LogP contribution is 2.34. The maximum atomic E-state index is 12.6. The lowest BCUT2D eigenvalue weighted by Crippen LogP contribution is -2.37. The molecule has 19 heavy (non-hydrogen) atoms. The normalized spacial score (nSPS) is 20.6. The third kappa shape index (κ3) is 4.08. The molecule has 0 aromatic heterocycles. The molecule has 1 saturated heterocycles. The van der Waals surface area contributed by atoms with Crippen molar-refractivity contribution in [2.24, 2.45) is 0 Å². The van der Waals surface area contributed by atoms with E-state index in [0.717, 1.165) is 38.2 Å². The number of rotatable bonds is 4. The molecule has 0 amide bonds. The van der Waals surface area contributed by atoms with E-state index >= 15 is 0 Å². The molecule has 0 radical (unpaired) electrons. The Balaban J connectivity index is 2.19. The number of nitrogens with one attached hydrogen (secondary N) is 1. The van der Waals surface area contributed by atoms with Crippen molar-refractivity contribution in [3.05, 3.63) is 24.3 Å². The number of halogens is 2. The van der Waals surface area contributed by atoms with Gasteiger partial charge in [0.05, 0.1) is 5.69 Å². The zero-order valence-electron chi connectivity index (χ0n) is 11.1. The van der Waals surface area contributed by atoms with Gasteiger partial charge in [-0.2, -0.15) is 8.78 Å². The fraction of sp³-hybridized carbons (Fsp3) is 0.571. The Morgan fingerprint density at radius 2 is 2.21 bits per heavy atom. The lowest BCUT2D eigenvalue weighted by atomic mass is 10.2. The predicted molar refractivity (Wildman–Crippen MR) is 77.2 cm³/mol. The molecule has 1 atom stereocenters. The van der Waals surface area contributed by atoms with Crippen LogP contribution in [0.4, 0.5) is 14.5 Å². The van der Waals surface area contributed by atoms with Crippen LogP contribution in [0.1, 0.15) is 19.8 Å². The minimum atomic E-state index is -2.37. The molecule has 1 fully saturated rings. The molecule has 106 valence electrons. The molecule has 0 bridgehead atoms. The molecule has 0 aliphatic carbocycles. The SMILES string of the molecule is CCC1CN(c2ccccc2SC(F)F)CCCN1. The van der Waals surface area contributed by atoms with Crippen LogP contribution in [-0.4, -0.2) is 31.4 Å². The quantitative estimate of drug-likeness (QED) is 0.852. The van der Waals surface area contributed by atoms with E-state index in [1.165, 1.54) is 0 Å². The fourth-order valence-corrected chi connectivity index (χ4v) is 3.07. The van der Waals surface area contributed by atoms with Gasteiger partial charge >= 0.3 is 0 Å². The van der Waals surface area contributed by atoms with Gasteiger partial charge in [-0.1, -0.05) is 30.8 Å². The molecular formula is C14H20F2N2S. The molecule has 0 spiro atoms. The van der Waals surface area contributed by atoms with Crippen molar-refractivity contribution in [1.29, 1.82) is 0 Å². The summed E-state index contributed by atoms with van der Waals surface area (Å²) in [5, 5.41) is 3.49. The molecule has 5 heteroatoms. The van der Waals surface area contributed by atoms with Gasteiger partial charge < -0.3 is 10.2 Å². The Morgan fingerprint density at radius 1 is 1.42 bits per heavy atom. The summed E-state index contributed by atoms with van der Waals surface area (Å²) in [5.74, 6) is -2.37. The van der Waals surface area contributed by atoms with Crippen LogP contribution in [-0.2, 0) is 0 Å². The molecule has 1 aliphatic rings. The van der Waals surface area contributed by atoms with E-state index in [9.17, 15) is 8.78 Å². The molecule has 2 rings (SSSR count). The number of benzene rings is 1.